The van der Waals surface area contributed by atoms with Gasteiger partial charge in [0.15, 0.2) is 0 Å². The maximum Gasteiger partial charge on any atom is 0.00919 e. The minimum Gasteiger partial charge on any atom is -0.304 e. The van der Waals surface area contributed by atoms with E-state index in [1.165, 1.54) is 19.4 Å². The van der Waals surface area contributed by atoms with Crippen molar-refractivity contribution < 1.29 is 0 Å². The van der Waals surface area contributed by atoms with Crippen molar-refractivity contribution in [3.05, 3.63) is 0 Å². The summed E-state index contributed by atoms with van der Waals surface area (Å²) in [5, 5.41) is 0. The molecule has 0 aliphatic carbocycles. The molecule has 0 amide bonds. The van der Waals surface area contributed by atoms with Gasteiger partial charge >= 0.3 is 0 Å². The molecular weight excluding hydrogens is 134 g/mol. The van der Waals surface area contributed by atoms with Gasteiger partial charge in [0.25, 0.3) is 0 Å². The van der Waals surface area contributed by atoms with Gasteiger partial charge in [-0.1, -0.05) is 27.7 Å². The maximum absolute atomic E-state index is 2.44. The van der Waals surface area contributed by atoms with Gasteiger partial charge in [-0.05, 0) is 32.4 Å². The van der Waals surface area contributed by atoms with Crippen molar-refractivity contribution in [3.63, 3.8) is 0 Å². The third-order valence-electron chi connectivity index (χ3n) is 2.34. The first-order valence-corrected chi connectivity index (χ1v) is 4.82. The summed E-state index contributed by atoms with van der Waals surface area (Å²) in [6, 6.07) is 0.792. The normalized spacial score (nSPS) is 14.5. The average molecular weight is 157 g/mol. The van der Waals surface area contributed by atoms with Gasteiger partial charge in [0, 0.05) is 6.04 Å². The molecule has 1 nitrogen and oxygen atoms in total. The molecule has 0 N–H and O–H groups in total. The van der Waals surface area contributed by atoms with Crippen LogP contribution in [0.4, 0.5) is 0 Å². The van der Waals surface area contributed by atoms with E-state index in [9.17, 15) is 0 Å². The molecule has 0 rings (SSSR count). The summed E-state index contributed by atoms with van der Waals surface area (Å²) < 4.78 is 0. The zero-order chi connectivity index (χ0) is 8.85. The molecule has 0 spiro atoms. The molecule has 0 aromatic heterocycles. The maximum atomic E-state index is 2.44. The van der Waals surface area contributed by atoms with Gasteiger partial charge < -0.3 is 4.90 Å². The second kappa shape index (κ2) is 5.59. The molecule has 0 aromatic rings. The standard InChI is InChI=1S/C10H23N/c1-6-10(8-9(3)4)11(5)7-2/h9-10H,6-8H2,1-5H3. The van der Waals surface area contributed by atoms with Crippen LogP contribution in [0.2, 0.25) is 0 Å². The van der Waals surface area contributed by atoms with E-state index in [-0.39, 0.29) is 0 Å². The first kappa shape index (κ1) is 11.0. The highest BCUT2D eigenvalue weighted by molar-refractivity contribution is 4.67. The largest absolute Gasteiger partial charge is 0.304 e. The molecular formula is C10H23N. The first-order chi connectivity index (χ1) is 5.11. The summed E-state index contributed by atoms with van der Waals surface area (Å²) in [6.45, 7) is 10.3. The third kappa shape index (κ3) is 4.41. The molecule has 0 aromatic carbocycles. The average Bonchev–Trinajstić information content (AvgIpc) is 1.98. The van der Waals surface area contributed by atoms with Crippen molar-refractivity contribution in [1.29, 1.82) is 0 Å². The molecule has 1 heteroatoms. The van der Waals surface area contributed by atoms with Crippen LogP contribution in [0.3, 0.4) is 0 Å². The predicted octanol–water partition coefficient (Wildman–Crippen LogP) is 2.76. The van der Waals surface area contributed by atoms with Crippen LogP contribution >= 0.6 is 0 Å². The Balaban J connectivity index is 3.74. The minimum atomic E-state index is 0.792. The van der Waals surface area contributed by atoms with Crippen LogP contribution < -0.4 is 0 Å². The van der Waals surface area contributed by atoms with Crippen molar-refractivity contribution in [3.8, 4) is 0 Å². The molecule has 1 atom stereocenters. The first-order valence-electron chi connectivity index (χ1n) is 4.82. The zero-order valence-corrected chi connectivity index (χ0v) is 8.72. The topological polar surface area (TPSA) is 3.24 Å². The number of hydrogen-bond donors (Lipinski definition) is 0. The van der Waals surface area contributed by atoms with Crippen LogP contribution in [-0.2, 0) is 0 Å². The molecule has 11 heavy (non-hydrogen) atoms. The summed E-state index contributed by atoms with van der Waals surface area (Å²) in [5.41, 5.74) is 0. The van der Waals surface area contributed by atoms with Crippen molar-refractivity contribution >= 4 is 0 Å². The third-order valence-corrected chi connectivity index (χ3v) is 2.34. The van der Waals surface area contributed by atoms with E-state index in [4.69, 9.17) is 0 Å². The van der Waals surface area contributed by atoms with Crippen LogP contribution in [0.1, 0.15) is 40.5 Å². The lowest BCUT2D eigenvalue weighted by molar-refractivity contribution is 0.217. The molecule has 0 fully saturated rings. The molecule has 0 radical (unpaired) electrons. The Labute approximate surface area is 71.8 Å². The summed E-state index contributed by atoms with van der Waals surface area (Å²) in [7, 11) is 2.22. The van der Waals surface area contributed by atoms with Crippen LogP contribution in [0, 0.1) is 5.92 Å². The summed E-state index contributed by atoms with van der Waals surface area (Å²) >= 11 is 0. The highest BCUT2D eigenvalue weighted by Crippen LogP contribution is 2.12. The second-order valence-electron chi connectivity index (χ2n) is 3.76. The van der Waals surface area contributed by atoms with Crippen LogP contribution in [0.5, 0.6) is 0 Å². The van der Waals surface area contributed by atoms with Crippen LogP contribution in [0.15, 0.2) is 0 Å². The summed E-state index contributed by atoms with van der Waals surface area (Å²) in [6.07, 6.45) is 2.61. The van der Waals surface area contributed by atoms with Gasteiger partial charge in [0.1, 0.15) is 0 Å². The Morgan fingerprint density at radius 3 is 2.00 bits per heavy atom. The van der Waals surface area contributed by atoms with E-state index in [1.807, 2.05) is 0 Å². The van der Waals surface area contributed by atoms with Gasteiger partial charge in [-0.3, -0.25) is 0 Å². The highest BCUT2D eigenvalue weighted by atomic mass is 15.1. The fourth-order valence-corrected chi connectivity index (χ4v) is 1.46. The lowest BCUT2D eigenvalue weighted by Gasteiger charge is -2.27. The fraction of sp³-hybridized carbons (Fsp3) is 1.00. The lowest BCUT2D eigenvalue weighted by Crippen LogP contribution is -2.31. The molecule has 0 aliphatic rings. The Kier molecular flexibility index (Phi) is 5.57. The SMILES string of the molecule is CCC(CC(C)C)N(C)CC. The molecule has 0 heterocycles. The number of rotatable bonds is 5. The van der Waals surface area contributed by atoms with Gasteiger partial charge in [-0.25, -0.2) is 0 Å². The van der Waals surface area contributed by atoms with E-state index in [1.54, 1.807) is 0 Å². The second-order valence-corrected chi connectivity index (χ2v) is 3.76. The van der Waals surface area contributed by atoms with Crippen molar-refractivity contribution in [2.75, 3.05) is 13.6 Å². The lowest BCUT2D eigenvalue weighted by atomic mass is 10.0. The van der Waals surface area contributed by atoms with E-state index < -0.39 is 0 Å². The van der Waals surface area contributed by atoms with E-state index in [0.717, 1.165) is 12.0 Å². The molecule has 0 bridgehead atoms. The van der Waals surface area contributed by atoms with Gasteiger partial charge in [-0.15, -0.1) is 0 Å². The molecule has 0 saturated carbocycles. The number of hydrogen-bond acceptors (Lipinski definition) is 1. The van der Waals surface area contributed by atoms with E-state index in [2.05, 4.69) is 39.6 Å². The fourth-order valence-electron chi connectivity index (χ4n) is 1.46. The van der Waals surface area contributed by atoms with Crippen molar-refractivity contribution in [2.45, 2.75) is 46.6 Å². The number of nitrogens with zero attached hydrogens (tertiary/aromatic N) is 1. The molecule has 0 saturated heterocycles. The monoisotopic (exact) mass is 157 g/mol. The Morgan fingerprint density at radius 2 is 1.73 bits per heavy atom. The molecule has 68 valence electrons. The van der Waals surface area contributed by atoms with Crippen molar-refractivity contribution in [2.24, 2.45) is 5.92 Å². The van der Waals surface area contributed by atoms with Gasteiger partial charge in [0.05, 0.1) is 0 Å². The summed E-state index contributed by atoms with van der Waals surface area (Å²) in [4.78, 5) is 2.44. The smallest absolute Gasteiger partial charge is 0.00919 e. The van der Waals surface area contributed by atoms with Gasteiger partial charge in [0.2, 0.25) is 0 Å². The Bertz CT molecular complexity index is 88.9. The van der Waals surface area contributed by atoms with E-state index >= 15 is 0 Å². The molecule has 1 unspecified atom stereocenters. The molecule has 0 aliphatic heterocycles. The van der Waals surface area contributed by atoms with E-state index in [0.29, 0.717) is 0 Å². The summed E-state index contributed by atoms with van der Waals surface area (Å²) in [5.74, 6) is 0.828. The van der Waals surface area contributed by atoms with Crippen LogP contribution in [-0.4, -0.2) is 24.5 Å². The van der Waals surface area contributed by atoms with Crippen LogP contribution in [0.25, 0.3) is 0 Å². The van der Waals surface area contributed by atoms with Gasteiger partial charge in [-0.2, -0.15) is 0 Å². The van der Waals surface area contributed by atoms with Crippen molar-refractivity contribution in [1.82, 2.24) is 4.90 Å². The quantitative estimate of drug-likeness (QED) is 0.593. The predicted molar refractivity (Wildman–Crippen MR) is 51.8 cm³/mol. The Morgan fingerprint density at radius 1 is 1.18 bits per heavy atom. The highest BCUT2D eigenvalue weighted by Gasteiger charge is 2.11. The Hall–Kier alpha value is -0.0400. The zero-order valence-electron chi connectivity index (χ0n) is 8.72. The minimum absolute atomic E-state index is 0.792.